The van der Waals surface area contributed by atoms with Crippen molar-refractivity contribution in [3.63, 3.8) is 0 Å². The van der Waals surface area contributed by atoms with Gasteiger partial charge in [-0.15, -0.1) is 11.3 Å². The molecule has 0 saturated carbocycles. The molecule has 3 nitrogen and oxygen atoms in total. The number of rotatable bonds is 3. The van der Waals surface area contributed by atoms with Crippen LogP contribution in [0.3, 0.4) is 0 Å². The van der Waals surface area contributed by atoms with Crippen molar-refractivity contribution in [2.75, 3.05) is 6.54 Å². The summed E-state index contributed by atoms with van der Waals surface area (Å²) in [5.41, 5.74) is 0. The van der Waals surface area contributed by atoms with Crippen LogP contribution in [0.5, 0.6) is 0 Å². The van der Waals surface area contributed by atoms with Gasteiger partial charge >= 0.3 is 0 Å². The first kappa shape index (κ1) is 17.1. The third kappa shape index (κ3) is 3.71. The Balaban J connectivity index is 2.00. The van der Waals surface area contributed by atoms with Crippen molar-refractivity contribution in [3.05, 3.63) is 50.6 Å². The topological polar surface area (TPSA) is 37.4 Å². The average molecular weight is 414 g/mol. The average Bonchev–Trinajstić information content (AvgIpc) is 2.80. The third-order valence-electron chi connectivity index (χ3n) is 4.21. The number of halogens is 1. The molecule has 0 unspecified atom stereocenters. The molecule has 6 heteroatoms. The molecule has 1 aliphatic heterocycles. The van der Waals surface area contributed by atoms with E-state index in [-0.39, 0.29) is 6.04 Å². The van der Waals surface area contributed by atoms with Gasteiger partial charge in [0.15, 0.2) is 0 Å². The Labute approximate surface area is 150 Å². The van der Waals surface area contributed by atoms with Crippen LogP contribution in [0.25, 0.3) is 0 Å². The summed E-state index contributed by atoms with van der Waals surface area (Å²) in [6.45, 7) is 2.67. The molecule has 0 amide bonds. The van der Waals surface area contributed by atoms with Crippen LogP contribution in [-0.2, 0) is 10.0 Å². The fraction of sp³-hybridized carbons (Fsp3) is 0.412. The van der Waals surface area contributed by atoms with Crippen LogP contribution in [-0.4, -0.2) is 19.3 Å². The van der Waals surface area contributed by atoms with Crippen LogP contribution in [0.4, 0.5) is 0 Å². The molecule has 0 radical (unpaired) electrons. The van der Waals surface area contributed by atoms with E-state index in [4.69, 9.17) is 0 Å². The maximum Gasteiger partial charge on any atom is 0.243 e. The first-order valence-corrected chi connectivity index (χ1v) is 10.9. The monoisotopic (exact) mass is 413 g/mol. The molecule has 1 saturated heterocycles. The molecule has 124 valence electrons. The number of benzene rings is 1. The molecule has 1 fully saturated rings. The molecule has 2 heterocycles. The third-order valence-corrected chi connectivity index (χ3v) is 7.77. The first-order valence-electron chi connectivity index (χ1n) is 7.82. The molecule has 1 aliphatic rings. The molecule has 1 aromatic carbocycles. The summed E-state index contributed by atoms with van der Waals surface area (Å²) in [5.74, 6) is 0. The summed E-state index contributed by atoms with van der Waals surface area (Å²) in [7, 11) is -3.47. The number of aryl methyl sites for hydroxylation is 1. The van der Waals surface area contributed by atoms with Gasteiger partial charge in [-0.25, -0.2) is 8.42 Å². The number of sulfonamides is 1. The Morgan fingerprint density at radius 3 is 2.48 bits per heavy atom. The van der Waals surface area contributed by atoms with Gasteiger partial charge in [-0.05, 0) is 56.2 Å². The van der Waals surface area contributed by atoms with Crippen LogP contribution < -0.4 is 0 Å². The van der Waals surface area contributed by atoms with Crippen LogP contribution in [0, 0.1) is 6.92 Å². The lowest BCUT2D eigenvalue weighted by molar-refractivity contribution is 0.333. The molecule has 3 rings (SSSR count). The predicted octanol–water partition coefficient (Wildman–Crippen LogP) is 5.13. The zero-order valence-corrected chi connectivity index (χ0v) is 16.3. The summed E-state index contributed by atoms with van der Waals surface area (Å²) in [6.07, 6.45) is 3.99. The van der Waals surface area contributed by atoms with Gasteiger partial charge in [0.25, 0.3) is 0 Å². The number of thiophene rings is 1. The molecule has 0 N–H and O–H groups in total. The molecule has 23 heavy (non-hydrogen) atoms. The Bertz CT molecular complexity index is 768. The lowest BCUT2D eigenvalue weighted by Crippen LogP contribution is -2.34. The van der Waals surface area contributed by atoms with E-state index in [1.165, 1.54) is 4.88 Å². The lowest BCUT2D eigenvalue weighted by Gasteiger charge is -2.28. The van der Waals surface area contributed by atoms with Gasteiger partial charge in [-0.3, -0.25) is 0 Å². The molecular formula is C17H20BrNO2S2. The van der Waals surface area contributed by atoms with Crippen LogP contribution in [0.15, 0.2) is 45.8 Å². The zero-order chi connectivity index (χ0) is 16.4. The maximum absolute atomic E-state index is 13.2. The van der Waals surface area contributed by atoms with Crippen LogP contribution in [0.1, 0.15) is 41.5 Å². The standard InChI is InChI=1S/C17H20BrNO2S2/c1-13-6-11-17(22-13)16-5-3-2-4-12-19(16)23(20,21)15-9-7-14(18)8-10-15/h6-11,16H,2-5,12H2,1H3/t16-/m0/s1. The number of hydrogen-bond acceptors (Lipinski definition) is 3. The Kier molecular flexibility index (Phi) is 5.26. The minimum absolute atomic E-state index is 0.0372. The van der Waals surface area contributed by atoms with Crippen molar-refractivity contribution in [2.24, 2.45) is 0 Å². The highest BCUT2D eigenvalue weighted by molar-refractivity contribution is 9.10. The Morgan fingerprint density at radius 2 is 1.83 bits per heavy atom. The molecular weight excluding hydrogens is 394 g/mol. The summed E-state index contributed by atoms with van der Waals surface area (Å²) in [4.78, 5) is 2.76. The second-order valence-electron chi connectivity index (χ2n) is 5.88. The zero-order valence-electron chi connectivity index (χ0n) is 13.0. The van der Waals surface area contributed by atoms with E-state index in [9.17, 15) is 8.42 Å². The smallest absolute Gasteiger partial charge is 0.207 e. The van der Waals surface area contributed by atoms with E-state index in [1.807, 2.05) is 0 Å². The molecule has 1 atom stereocenters. The maximum atomic E-state index is 13.2. The summed E-state index contributed by atoms with van der Waals surface area (Å²) < 4.78 is 28.9. The van der Waals surface area contributed by atoms with E-state index in [0.717, 1.165) is 35.0 Å². The highest BCUT2D eigenvalue weighted by atomic mass is 79.9. The molecule has 0 bridgehead atoms. The van der Waals surface area contributed by atoms with E-state index in [2.05, 4.69) is 35.0 Å². The van der Waals surface area contributed by atoms with Gasteiger partial charge in [-0.1, -0.05) is 28.8 Å². The Morgan fingerprint density at radius 1 is 1.09 bits per heavy atom. The van der Waals surface area contributed by atoms with E-state index < -0.39 is 10.0 Å². The van der Waals surface area contributed by atoms with E-state index in [0.29, 0.717) is 11.4 Å². The number of hydrogen-bond donors (Lipinski definition) is 0. The predicted molar refractivity (Wildman–Crippen MR) is 98.3 cm³/mol. The van der Waals surface area contributed by atoms with E-state index in [1.54, 1.807) is 39.9 Å². The van der Waals surface area contributed by atoms with E-state index >= 15 is 0 Å². The fourth-order valence-corrected chi connectivity index (χ4v) is 6.06. The number of nitrogens with zero attached hydrogens (tertiary/aromatic N) is 1. The van der Waals surface area contributed by atoms with Crippen molar-refractivity contribution < 1.29 is 8.42 Å². The molecule has 2 aromatic rings. The second-order valence-corrected chi connectivity index (χ2v) is 10.0. The van der Waals surface area contributed by atoms with Gasteiger partial charge in [0.2, 0.25) is 10.0 Å². The molecule has 0 spiro atoms. The van der Waals surface area contributed by atoms with Gasteiger partial charge in [0, 0.05) is 20.8 Å². The van der Waals surface area contributed by atoms with Gasteiger partial charge in [0.1, 0.15) is 0 Å². The minimum Gasteiger partial charge on any atom is -0.207 e. The van der Waals surface area contributed by atoms with Crippen molar-refractivity contribution >= 4 is 37.3 Å². The quantitative estimate of drug-likeness (QED) is 0.699. The summed E-state index contributed by atoms with van der Waals surface area (Å²) in [6, 6.07) is 11.1. The van der Waals surface area contributed by atoms with Crippen LogP contribution >= 0.6 is 27.3 Å². The lowest BCUT2D eigenvalue weighted by atomic mass is 10.1. The molecule has 1 aromatic heterocycles. The highest BCUT2D eigenvalue weighted by Crippen LogP contribution is 2.37. The summed E-state index contributed by atoms with van der Waals surface area (Å²) >= 11 is 5.07. The fourth-order valence-electron chi connectivity index (χ4n) is 3.03. The van der Waals surface area contributed by atoms with Gasteiger partial charge < -0.3 is 0 Å². The largest absolute Gasteiger partial charge is 0.243 e. The van der Waals surface area contributed by atoms with Gasteiger partial charge in [-0.2, -0.15) is 4.31 Å². The molecule has 0 aliphatic carbocycles. The van der Waals surface area contributed by atoms with Crippen molar-refractivity contribution in [3.8, 4) is 0 Å². The van der Waals surface area contributed by atoms with Crippen molar-refractivity contribution in [1.82, 2.24) is 4.31 Å². The SMILES string of the molecule is Cc1ccc([C@@H]2CCCCCN2S(=O)(=O)c2ccc(Br)cc2)s1. The highest BCUT2D eigenvalue weighted by Gasteiger charge is 2.33. The minimum atomic E-state index is -3.47. The normalized spacial score (nSPS) is 20.3. The first-order chi connectivity index (χ1) is 11.0. The van der Waals surface area contributed by atoms with Crippen LogP contribution in [0.2, 0.25) is 0 Å². The second kappa shape index (κ2) is 7.05. The Hall–Kier alpha value is -0.690. The van der Waals surface area contributed by atoms with Gasteiger partial charge in [0.05, 0.1) is 10.9 Å². The summed E-state index contributed by atoms with van der Waals surface area (Å²) in [5, 5.41) is 0. The van der Waals surface area contributed by atoms with Crippen molar-refractivity contribution in [1.29, 1.82) is 0 Å². The van der Waals surface area contributed by atoms with Crippen molar-refractivity contribution in [2.45, 2.75) is 43.5 Å².